The zero-order valence-electron chi connectivity index (χ0n) is 24.8. The zero-order valence-corrected chi connectivity index (χ0v) is 24.8. The van der Waals surface area contributed by atoms with E-state index in [1.54, 1.807) is 0 Å². The van der Waals surface area contributed by atoms with Crippen molar-refractivity contribution in [1.82, 2.24) is 0 Å². The Balaban J connectivity index is 1.39. The summed E-state index contributed by atoms with van der Waals surface area (Å²) in [5.41, 5.74) is 3.87. The second-order valence-electron chi connectivity index (χ2n) is 10.7. The molecule has 3 aromatic rings. The van der Waals surface area contributed by atoms with Gasteiger partial charge in [-0.15, -0.1) is 0 Å². The summed E-state index contributed by atoms with van der Waals surface area (Å²) < 4.78 is 17.3. The lowest BCUT2D eigenvalue weighted by Gasteiger charge is -2.12. The summed E-state index contributed by atoms with van der Waals surface area (Å²) >= 11 is 0. The molecule has 4 nitrogen and oxygen atoms in total. The maximum absolute atomic E-state index is 12.7. The third-order valence-corrected chi connectivity index (χ3v) is 7.15. The topological polar surface area (TPSA) is 44.8 Å². The molecule has 0 aliphatic carbocycles. The second-order valence-corrected chi connectivity index (χ2v) is 10.7. The summed E-state index contributed by atoms with van der Waals surface area (Å²) in [6.45, 7) is 8.06. The van der Waals surface area contributed by atoms with Crippen molar-refractivity contribution < 1.29 is 19.0 Å². The number of hydrogen-bond donors (Lipinski definition) is 0. The molecule has 0 aromatic heterocycles. The molecule has 0 fully saturated rings. The van der Waals surface area contributed by atoms with Crippen molar-refractivity contribution in [2.75, 3.05) is 13.2 Å². The van der Waals surface area contributed by atoms with Gasteiger partial charge >= 0.3 is 5.97 Å². The Morgan fingerprint density at radius 1 is 0.650 bits per heavy atom. The predicted octanol–water partition coefficient (Wildman–Crippen LogP) is 9.84. The van der Waals surface area contributed by atoms with Crippen LogP contribution in [-0.2, 0) is 11.2 Å². The maximum Gasteiger partial charge on any atom is 0.343 e. The highest BCUT2D eigenvalue weighted by Crippen LogP contribution is 2.24. The Morgan fingerprint density at radius 3 is 1.85 bits per heavy atom. The second kappa shape index (κ2) is 18.3. The molecule has 0 aliphatic heterocycles. The minimum atomic E-state index is -0.356. The molecule has 3 rings (SSSR count). The van der Waals surface area contributed by atoms with E-state index in [-0.39, 0.29) is 12.1 Å². The van der Waals surface area contributed by atoms with Crippen LogP contribution in [-0.4, -0.2) is 25.3 Å². The van der Waals surface area contributed by atoms with Crippen LogP contribution in [0, 0.1) is 0 Å². The monoisotopic (exact) mass is 544 g/mol. The Hall–Kier alpha value is -3.11. The van der Waals surface area contributed by atoms with Gasteiger partial charge in [-0.05, 0) is 85.7 Å². The molecule has 216 valence electrons. The van der Waals surface area contributed by atoms with Crippen LogP contribution in [0.4, 0.5) is 0 Å². The van der Waals surface area contributed by atoms with E-state index in [1.807, 2.05) is 60.7 Å². The lowest BCUT2D eigenvalue weighted by molar-refractivity contribution is 0.0610. The molecule has 40 heavy (non-hydrogen) atoms. The smallest absolute Gasteiger partial charge is 0.343 e. The van der Waals surface area contributed by atoms with Gasteiger partial charge in [-0.3, -0.25) is 0 Å². The molecular weight excluding hydrogens is 496 g/mol. The highest BCUT2D eigenvalue weighted by molar-refractivity contribution is 5.91. The third kappa shape index (κ3) is 11.6. The Kier molecular flexibility index (Phi) is 14.4. The third-order valence-electron chi connectivity index (χ3n) is 7.15. The van der Waals surface area contributed by atoms with Gasteiger partial charge in [-0.2, -0.15) is 0 Å². The standard InChI is InChI=1S/C36H48O4/c1-4-6-7-8-9-10-11-12-28-39-34-25-21-32(22-26-34)31-17-19-33(20-18-31)36(37)40-35-23-15-30(16-24-35)14-13-29(3)38-27-5-2/h15-26,29H,4-14,27-28H2,1-3H3. The molecule has 0 bridgehead atoms. The van der Waals surface area contributed by atoms with Gasteiger partial charge in [-0.1, -0.05) is 95.2 Å². The number of benzene rings is 3. The maximum atomic E-state index is 12.7. The molecule has 0 radical (unpaired) electrons. The SMILES string of the molecule is CCCCCCCCCCOc1ccc(-c2ccc(C(=O)Oc3ccc(CCC(C)OCCC)cc3)cc2)cc1. The van der Waals surface area contributed by atoms with Crippen LogP contribution in [0.25, 0.3) is 11.1 Å². The number of unbranched alkanes of at least 4 members (excludes halogenated alkanes) is 7. The van der Waals surface area contributed by atoms with Crippen molar-refractivity contribution in [3.8, 4) is 22.6 Å². The molecule has 0 heterocycles. The number of carbonyl (C=O) groups is 1. The van der Waals surface area contributed by atoms with E-state index in [1.165, 1.54) is 50.5 Å². The molecule has 0 saturated heterocycles. The van der Waals surface area contributed by atoms with Crippen molar-refractivity contribution in [2.24, 2.45) is 0 Å². The quantitative estimate of drug-likeness (QED) is 0.0856. The summed E-state index contributed by atoms with van der Waals surface area (Å²) in [6.07, 6.45) is 13.6. The summed E-state index contributed by atoms with van der Waals surface area (Å²) in [5, 5.41) is 0. The normalized spacial score (nSPS) is 11.8. The van der Waals surface area contributed by atoms with E-state index < -0.39 is 0 Å². The highest BCUT2D eigenvalue weighted by atomic mass is 16.5. The molecular formula is C36H48O4. The van der Waals surface area contributed by atoms with Crippen molar-refractivity contribution in [3.05, 3.63) is 83.9 Å². The number of aryl methyl sites for hydroxylation is 1. The molecule has 1 unspecified atom stereocenters. The van der Waals surface area contributed by atoms with Gasteiger partial charge in [0.25, 0.3) is 0 Å². The molecule has 0 aliphatic rings. The van der Waals surface area contributed by atoms with Crippen LogP contribution in [0.1, 0.15) is 101 Å². The van der Waals surface area contributed by atoms with E-state index in [0.29, 0.717) is 11.3 Å². The van der Waals surface area contributed by atoms with E-state index in [2.05, 4.69) is 32.9 Å². The molecule has 3 aromatic carbocycles. The first-order valence-corrected chi connectivity index (χ1v) is 15.3. The van der Waals surface area contributed by atoms with Crippen molar-refractivity contribution >= 4 is 5.97 Å². The molecule has 0 N–H and O–H groups in total. The fourth-order valence-electron chi connectivity index (χ4n) is 4.63. The number of rotatable bonds is 19. The fourth-order valence-corrected chi connectivity index (χ4v) is 4.63. The first-order valence-electron chi connectivity index (χ1n) is 15.3. The Bertz CT molecular complexity index is 1090. The Morgan fingerprint density at radius 2 is 1.23 bits per heavy atom. The van der Waals surface area contributed by atoms with Gasteiger partial charge in [0, 0.05) is 6.61 Å². The highest BCUT2D eigenvalue weighted by Gasteiger charge is 2.10. The lowest BCUT2D eigenvalue weighted by atomic mass is 10.0. The van der Waals surface area contributed by atoms with E-state index >= 15 is 0 Å². The molecule has 1 atom stereocenters. The number of ether oxygens (including phenoxy) is 3. The van der Waals surface area contributed by atoms with Crippen LogP contribution in [0.15, 0.2) is 72.8 Å². The average Bonchev–Trinajstić information content (AvgIpc) is 2.99. The van der Waals surface area contributed by atoms with Crippen LogP contribution < -0.4 is 9.47 Å². The molecule has 0 spiro atoms. The van der Waals surface area contributed by atoms with E-state index in [4.69, 9.17) is 14.2 Å². The van der Waals surface area contributed by atoms with Gasteiger partial charge < -0.3 is 14.2 Å². The number of carbonyl (C=O) groups excluding carboxylic acids is 1. The van der Waals surface area contributed by atoms with Crippen LogP contribution >= 0.6 is 0 Å². The predicted molar refractivity (Wildman–Crippen MR) is 165 cm³/mol. The first-order chi connectivity index (χ1) is 19.6. The zero-order chi connectivity index (χ0) is 28.4. The Labute approximate surface area is 242 Å². The molecule has 4 heteroatoms. The first kappa shape index (κ1) is 31.4. The largest absolute Gasteiger partial charge is 0.494 e. The summed E-state index contributed by atoms with van der Waals surface area (Å²) in [5.74, 6) is 1.10. The fraction of sp³-hybridized carbons (Fsp3) is 0.472. The van der Waals surface area contributed by atoms with Gasteiger partial charge in [0.15, 0.2) is 0 Å². The summed E-state index contributed by atoms with van der Waals surface area (Å²) in [7, 11) is 0. The minimum Gasteiger partial charge on any atom is -0.494 e. The minimum absolute atomic E-state index is 0.247. The van der Waals surface area contributed by atoms with E-state index in [0.717, 1.165) is 55.8 Å². The summed E-state index contributed by atoms with van der Waals surface area (Å²) in [4.78, 5) is 12.7. The van der Waals surface area contributed by atoms with Gasteiger partial charge in [-0.25, -0.2) is 4.79 Å². The lowest BCUT2D eigenvalue weighted by Crippen LogP contribution is -2.10. The van der Waals surface area contributed by atoms with Crippen LogP contribution in [0.2, 0.25) is 0 Å². The van der Waals surface area contributed by atoms with Crippen LogP contribution in [0.5, 0.6) is 11.5 Å². The number of hydrogen-bond acceptors (Lipinski definition) is 4. The van der Waals surface area contributed by atoms with Crippen LogP contribution in [0.3, 0.4) is 0 Å². The van der Waals surface area contributed by atoms with Crippen molar-refractivity contribution in [3.63, 3.8) is 0 Å². The summed E-state index contributed by atoms with van der Waals surface area (Å²) in [6, 6.07) is 23.5. The van der Waals surface area contributed by atoms with E-state index in [9.17, 15) is 4.79 Å². The molecule has 0 amide bonds. The van der Waals surface area contributed by atoms with Crippen molar-refractivity contribution in [2.45, 2.75) is 97.5 Å². The van der Waals surface area contributed by atoms with Gasteiger partial charge in [0.1, 0.15) is 11.5 Å². The average molecular weight is 545 g/mol. The van der Waals surface area contributed by atoms with Crippen molar-refractivity contribution in [1.29, 1.82) is 0 Å². The molecule has 0 saturated carbocycles. The van der Waals surface area contributed by atoms with Gasteiger partial charge in [0.05, 0.1) is 18.3 Å². The number of esters is 1. The van der Waals surface area contributed by atoms with Gasteiger partial charge in [0.2, 0.25) is 0 Å².